The van der Waals surface area contributed by atoms with Crippen molar-refractivity contribution in [2.24, 2.45) is 0 Å². The SMILES string of the molecule is ClCc1cc(-c2csc(Cl)c2)on1. The highest BCUT2D eigenvalue weighted by atomic mass is 35.5. The minimum Gasteiger partial charge on any atom is -0.356 e. The van der Waals surface area contributed by atoms with Crippen LogP contribution in [0.3, 0.4) is 0 Å². The number of hydrogen-bond acceptors (Lipinski definition) is 3. The molecular formula is C8H5Cl2NOS. The van der Waals surface area contributed by atoms with Crippen LogP contribution in [0, 0.1) is 0 Å². The third kappa shape index (κ3) is 1.88. The van der Waals surface area contributed by atoms with Gasteiger partial charge in [0, 0.05) is 17.0 Å². The quantitative estimate of drug-likeness (QED) is 0.738. The molecule has 2 aromatic rings. The minimum atomic E-state index is 0.362. The minimum absolute atomic E-state index is 0.362. The molecule has 0 aromatic carbocycles. The lowest BCUT2D eigenvalue weighted by molar-refractivity contribution is 0.426. The lowest BCUT2D eigenvalue weighted by Crippen LogP contribution is -1.70. The molecule has 0 saturated heterocycles. The van der Waals surface area contributed by atoms with Crippen molar-refractivity contribution < 1.29 is 4.52 Å². The van der Waals surface area contributed by atoms with Crippen LogP contribution in [-0.4, -0.2) is 5.16 Å². The summed E-state index contributed by atoms with van der Waals surface area (Å²) in [5, 5.41) is 5.69. The molecule has 0 atom stereocenters. The van der Waals surface area contributed by atoms with Gasteiger partial charge < -0.3 is 4.52 Å². The summed E-state index contributed by atoms with van der Waals surface area (Å²) in [6.45, 7) is 0. The monoisotopic (exact) mass is 233 g/mol. The van der Waals surface area contributed by atoms with E-state index in [2.05, 4.69) is 5.16 Å². The molecule has 2 rings (SSSR count). The molecular weight excluding hydrogens is 229 g/mol. The zero-order valence-corrected chi connectivity index (χ0v) is 8.79. The first kappa shape index (κ1) is 9.06. The maximum atomic E-state index is 5.78. The van der Waals surface area contributed by atoms with Crippen molar-refractivity contribution in [1.82, 2.24) is 5.16 Å². The smallest absolute Gasteiger partial charge is 0.168 e. The summed E-state index contributed by atoms with van der Waals surface area (Å²) in [5.74, 6) is 1.07. The van der Waals surface area contributed by atoms with Gasteiger partial charge in [-0.05, 0) is 6.07 Å². The fourth-order valence-electron chi connectivity index (χ4n) is 0.950. The summed E-state index contributed by atoms with van der Waals surface area (Å²) in [5.41, 5.74) is 1.68. The topological polar surface area (TPSA) is 26.0 Å². The summed E-state index contributed by atoms with van der Waals surface area (Å²) in [6, 6.07) is 3.65. The zero-order valence-electron chi connectivity index (χ0n) is 6.46. The fraction of sp³-hybridized carbons (Fsp3) is 0.125. The van der Waals surface area contributed by atoms with Gasteiger partial charge in [-0.2, -0.15) is 0 Å². The van der Waals surface area contributed by atoms with Crippen molar-refractivity contribution in [2.45, 2.75) is 5.88 Å². The molecule has 0 bridgehead atoms. The van der Waals surface area contributed by atoms with Crippen molar-refractivity contribution in [1.29, 1.82) is 0 Å². The molecule has 0 N–H and O–H groups in total. The molecule has 0 aliphatic heterocycles. The van der Waals surface area contributed by atoms with E-state index in [4.69, 9.17) is 27.7 Å². The lowest BCUT2D eigenvalue weighted by Gasteiger charge is -1.83. The zero-order chi connectivity index (χ0) is 9.26. The van der Waals surface area contributed by atoms with Gasteiger partial charge in [0.15, 0.2) is 5.76 Å². The Morgan fingerprint density at radius 1 is 1.46 bits per heavy atom. The molecule has 0 unspecified atom stereocenters. The number of alkyl halides is 1. The molecule has 0 spiro atoms. The lowest BCUT2D eigenvalue weighted by atomic mass is 10.2. The molecule has 68 valence electrons. The average Bonchev–Trinajstić information content (AvgIpc) is 2.71. The highest BCUT2D eigenvalue weighted by Crippen LogP contribution is 2.29. The molecule has 2 nitrogen and oxygen atoms in total. The molecule has 0 aliphatic rings. The Hall–Kier alpha value is -0.510. The van der Waals surface area contributed by atoms with Crippen LogP contribution in [0.2, 0.25) is 4.34 Å². The predicted octanol–water partition coefficient (Wildman–Crippen LogP) is 3.80. The van der Waals surface area contributed by atoms with E-state index in [1.54, 1.807) is 0 Å². The summed E-state index contributed by atoms with van der Waals surface area (Å²) in [7, 11) is 0. The molecule has 0 fully saturated rings. The molecule has 13 heavy (non-hydrogen) atoms. The highest BCUT2D eigenvalue weighted by Gasteiger charge is 2.07. The van der Waals surface area contributed by atoms with Crippen molar-refractivity contribution in [3.8, 4) is 11.3 Å². The van der Waals surface area contributed by atoms with Gasteiger partial charge in [-0.1, -0.05) is 16.8 Å². The Labute approximate surface area is 89.1 Å². The van der Waals surface area contributed by atoms with Crippen molar-refractivity contribution in [3.05, 3.63) is 27.5 Å². The van der Waals surface area contributed by atoms with E-state index in [0.717, 1.165) is 15.6 Å². The van der Waals surface area contributed by atoms with E-state index in [1.807, 2.05) is 17.5 Å². The van der Waals surface area contributed by atoms with Crippen LogP contribution in [0.5, 0.6) is 0 Å². The van der Waals surface area contributed by atoms with Gasteiger partial charge >= 0.3 is 0 Å². The van der Waals surface area contributed by atoms with Gasteiger partial charge in [0.2, 0.25) is 0 Å². The number of hydrogen-bond donors (Lipinski definition) is 0. The first-order valence-corrected chi connectivity index (χ1v) is 5.35. The van der Waals surface area contributed by atoms with E-state index in [-0.39, 0.29) is 0 Å². The van der Waals surface area contributed by atoms with Crippen LogP contribution >= 0.6 is 34.5 Å². The van der Waals surface area contributed by atoms with Gasteiger partial charge in [0.1, 0.15) is 0 Å². The van der Waals surface area contributed by atoms with E-state index in [9.17, 15) is 0 Å². The van der Waals surface area contributed by atoms with Crippen molar-refractivity contribution in [2.75, 3.05) is 0 Å². The van der Waals surface area contributed by atoms with Crippen LogP contribution < -0.4 is 0 Å². The first-order valence-electron chi connectivity index (χ1n) is 3.55. The van der Waals surface area contributed by atoms with Gasteiger partial charge in [0.05, 0.1) is 15.9 Å². The van der Waals surface area contributed by atoms with E-state index >= 15 is 0 Å². The third-order valence-corrected chi connectivity index (χ3v) is 2.91. The van der Waals surface area contributed by atoms with Crippen LogP contribution in [-0.2, 0) is 5.88 Å². The Kier molecular flexibility index (Phi) is 2.58. The average molecular weight is 234 g/mol. The largest absolute Gasteiger partial charge is 0.356 e. The predicted molar refractivity (Wildman–Crippen MR) is 54.4 cm³/mol. The van der Waals surface area contributed by atoms with Crippen molar-refractivity contribution in [3.63, 3.8) is 0 Å². The third-order valence-electron chi connectivity index (χ3n) is 1.55. The Morgan fingerprint density at radius 2 is 2.31 bits per heavy atom. The highest BCUT2D eigenvalue weighted by molar-refractivity contribution is 7.14. The molecule has 5 heteroatoms. The Bertz CT molecular complexity index is 410. The fourth-order valence-corrected chi connectivity index (χ4v) is 1.95. The number of thiophene rings is 1. The van der Waals surface area contributed by atoms with Gasteiger partial charge in [-0.25, -0.2) is 0 Å². The van der Waals surface area contributed by atoms with Crippen LogP contribution in [0.15, 0.2) is 22.0 Å². The maximum absolute atomic E-state index is 5.78. The van der Waals surface area contributed by atoms with Crippen LogP contribution in [0.4, 0.5) is 0 Å². The van der Waals surface area contributed by atoms with Gasteiger partial charge in [-0.15, -0.1) is 22.9 Å². The molecule has 0 amide bonds. The number of aromatic nitrogens is 1. The Morgan fingerprint density at radius 3 is 2.85 bits per heavy atom. The summed E-state index contributed by atoms with van der Waals surface area (Å²) >= 11 is 12.8. The summed E-state index contributed by atoms with van der Waals surface area (Å²) in [4.78, 5) is 0. The van der Waals surface area contributed by atoms with E-state index in [1.165, 1.54) is 11.3 Å². The second-order valence-corrected chi connectivity index (χ2v) is 4.27. The van der Waals surface area contributed by atoms with Crippen LogP contribution in [0.25, 0.3) is 11.3 Å². The number of rotatable bonds is 2. The van der Waals surface area contributed by atoms with E-state index in [0.29, 0.717) is 11.6 Å². The second-order valence-electron chi connectivity index (χ2n) is 2.46. The maximum Gasteiger partial charge on any atom is 0.168 e. The number of nitrogens with zero attached hydrogens (tertiary/aromatic N) is 1. The Balaban J connectivity index is 2.35. The molecule has 2 aromatic heterocycles. The number of halogens is 2. The van der Waals surface area contributed by atoms with Crippen molar-refractivity contribution >= 4 is 34.5 Å². The first-order chi connectivity index (χ1) is 6.29. The van der Waals surface area contributed by atoms with Gasteiger partial charge in [0.25, 0.3) is 0 Å². The normalized spacial score (nSPS) is 10.6. The second kappa shape index (κ2) is 3.70. The van der Waals surface area contributed by atoms with E-state index < -0.39 is 0 Å². The standard InChI is InChI=1S/C8H5Cl2NOS/c9-3-6-2-7(12-11-6)5-1-8(10)13-4-5/h1-2,4H,3H2. The van der Waals surface area contributed by atoms with Crippen LogP contribution in [0.1, 0.15) is 5.69 Å². The molecule has 0 radical (unpaired) electrons. The molecule has 0 saturated carbocycles. The molecule has 2 heterocycles. The summed E-state index contributed by atoms with van der Waals surface area (Å²) in [6.07, 6.45) is 0. The molecule has 0 aliphatic carbocycles. The summed E-state index contributed by atoms with van der Waals surface area (Å²) < 4.78 is 5.80. The van der Waals surface area contributed by atoms with Gasteiger partial charge in [-0.3, -0.25) is 0 Å².